The molecule has 1 aliphatic carbocycles. The van der Waals surface area contributed by atoms with E-state index in [4.69, 9.17) is 9.73 Å². The number of fused-ring (bicyclic) bond motifs is 1. The second-order valence-corrected chi connectivity index (χ2v) is 7.54. The molecule has 27 heavy (non-hydrogen) atoms. The highest BCUT2D eigenvalue weighted by Crippen LogP contribution is 2.37. The van der Waals surface area contributed by atoms with E-state index in [1.807, 2.05) is 18.3 Å². The number of aliphatic imine (C=N–C) groups is 1. The predicted molar refractivity (Wildman–Crippen MR) is 112 cm³/mol. The van der Waals surface area contributed by atoms with Gasteiger partial charge in [0.1, 0.15) is 5.75 Å². The molecule has 4 nitrogen and oxygen atoms in total. The van der Waals surface area contributed by atoms with Crippen molar-refractivity contribution in [3.63, 3.8) is 0 Å². The second kappa shape index (κ2) is 8.03. The van der Waals surface area contributed by atoms with Crippen LogP contribution in [0.5, 0.6) is 5.75 Å². The first-order chi connectivity index (χ1) is 13.3. The number of aromatic amines is 2. The Labute approximate surface area is 161 Å². The maximum absolute atomic E-state index is 5.63. The molecule has 1 atom stereocenters. The van der Waals surface area contributed by atoms with Gasteiger partial charge in [-0.3, -0.25) is 4.99 Å². The summed E-state index contributed by atoms with van der Waals surface area (Å²) in [5, 5.41) is 0. The fourth-order valence-corrected chi connectivity index (χ4v) is 4.21. The van der Waals surface area contributed by atoms with Gasteiger partial charge in [-0.1, -0.05) is 26.2 Å². The van der Waals surface area contributed by atoms with Gasteiger partial charge in [0.05, 0.1) is 29.9 Å². The summed E-state index contributed by atoms with van der Waals surface area (Å²) in [7, 11) is 1.72. The van der Waals surface area contributed by atoms with Gasteiger partial charge in [-0.25, -0.2) is 0 Å². The zero-order valence-electron chi connectivity index (χ0n) is 16.3. The Balaban J connectivity index is 1.71. The van der Waals surface area contributed by atoms with Crippen molar-refractivity contribution in [2.24, 2.45) is 10.9 Å². The summed E-state index contributed by atoms with van der Waals surface area (Å²) in [5.41, 5.74) is 6.83. The van der Waals surface area contributed by atoms with Gasteiger partial charge in [0.2, 0.25) is 0 Å². The molecule has 2 aliphatic rings. The van der Waals surface area contributed by atoms with E-state index in [0.29, 0.717) is 5.92 Å². The van der Waals surface area contributed by atoms with Crippen LogP contribution in [0.2, 0.25) is 0 Å². The van der Waals surface area contributed by atoms with Crippen LogP contribution in [0, 0.1) is 5.92 Å². The third-order valence-electron chi connectivity index (χ3n) is 5.75. The number of H-pyrrole nitrogens is 2. The molecule has 0 amide bonds. The molecule has 0 saturated heterocycles. The topological polar surface area (TPSA) is 53.2 Å². The standard InChI is InChI=1S/C23H29N3O/c1-3-16-9-6-4-5-7-10-17-13-18(16)20(25-17)14-22-23(27-2)15-21(26-22)19-11-8-12-24-19/h8,11-16,24,26H,3-7,9-10H2,1-2H3/t16-/m0/s1. The zero-order valence-corrected chi connectivity index (χ0v) is 16.3. The molecule has 0 fully saturated rings. The summed E-state index contributed by atoms with van der Waals surface area (Å²) in [6, 6.07) is 6.11. The summed E-state index contributed by atoms with van der Waals surface area (Å²) < 4.78 is 5.63. The molecule has 2 bridgehead atoms. The van der Waals surface area contributed by atoms with Crippen molar-refractivity contribution in [2.45, 2.75) is 51.9 Å². The third-order valence-corrected chi connectivity index (χ3v) is 5.75. The molecule has 0 aromatic carbocycles. The van der Waals surface area contributed by atoms with Crippen molar-refractivity contribution in [3.8, 4) is 17.1 Å². The van der Waals surface area contributed by atoms with Crippen LogP contribution in [0.4, 0.5) is 0 Å². The molecule has 1 aliphatic heterocycles. The number of hydrogen-bond acceptors (Lipinski definition) is 2. The monoisotopic (exact) mass is 363 g/mol. The van der Waals surface area contributed by atoms with E-state index in [9.17, 15) is 0 Å². The normalized spacial score (nSPS) is 21.9. The summed E-state index contributed by atoms with van der Waals surface area (Å²) in [6.07, 6.45) is 15.2. The van der Waals surface area contributed by atoms with E-state index in [1.165, 1.54) is 49.8 Å². The largest absolute Gasteiger partial charge is 0.494 e. The van der Waals surface area contributed by atoms with Crippen molar-refractivity contribution in [3.05, 3.63) is 47.4 Å². The molecule has 0 spiro atoms. The highest BCUT2D eigenvalue weighted by atomic mass is 16.5. The summed E-state index contributed by atoms with van der Waals surface area (Å²) in [6.45, 7) is 2.30. The lowest BCUT2D eigenvalue weighted by atomic mass is 9.87. The van der Waals surface area contributed by atoms with Crippen molar-refractivity contribution < 1.29 is 4.74 Å². The number of nitrogens with zero attached hydrogens (tertiary/aromatic N) is 1. The maximum Gasteiger partial charge on any atom is 0.144 e. The first-order valence-corrected chi connectivity index (χ1v) is 10.2. The van der Waals surface area contributed by atoms with E-state index in [-0.39, 0.29) is 0 Å². The lowest BCUT2D eigenvalue weighted by Gasteiger charge is -2.17. The number of aromatic nitrogens is 2. The smallest absolute Gasteiger partial charge is 0.144 e. The van der Waals surface area contributed by atoms with E-state index in [0.717, 1.165) is 34.9 Å². The van der Waals surface area contributed by atoms with Gasteiger partial charge < -0.3 is 14.7 Å². The number of nitrogens with one attached hydrogen (secondary N) is 2. The van der Waals surface area contributed by atoms with Gasteiger partial charge in [-0.15, -0.1) is 0 Å². The summed E-state index contributed by atoms with van der Waals surface area (Å²) in [5.74, 6) is 1.45. The quantitative estimate of drug-likeness (QED) is 0.675. The molecule has 0 unspecified atom stereocenters. The van der Waals surface area contributed by atoms with E-state index in [2.05, 4.69) is 35.1 Å². The Morgan fingerprint density at radius 2 is 2.11 bits per heavy atom. The molecular formula is C23H29N3O. The number of ether oxygens (including phenoxy) is 1. The Kier molecular flexibility index (Phi) is 5.33. The minimum Gasteiger partial charge on any atom is -0.494 e. The lowest BCUT2D eigenvalue weighted by Crippen LogP contribution is -2.05. The summed E-state index contributed by atoms with van der Waals surface area (Å²) >= 11 is 0. The summed E-state index contributed by atoms with van der Waals surface area (Å²) in [4.78, 5) is 11.7. The number of allylic oxidation sites excluding steroid dienone is 2. The van der Waals surface area contributed by atoms with Crippen molar-refractivity contribution in [1.82, 2.24) is 9.97 Å². The Morgan fingerprint density at radius 3 is 2.89 bits per heavy atom. The fraction of sp³-hybridized carbons (Fsp3) is 0.435. The molecule has 3 heterocycles. The second-order valence-electron chi connectivity index (χ2n) is 7.54. The SMILES string of the molecule is CC[C@H]1CCCCCCC2=NC(=Cc3[nH]c(-c4ccc[nH]4)cc3OC)C1=C2. The minimum atomic E-state index is 0.597. The molecular weight excluding hydrogens is 334 g/mol. The number of methoxy groups -OCH3 is 1. The number of rotatable bonds is 4. The molecule has 2 aromatic rings. The molecule has 2 aromatic heterocycles. The van der Waals surface area contributed by atoms with E-state index < -0.39 is 0 Å². The van der Waals surface area contributed by atoms with Crippen molar-refractivity contribution in [1.29, 1.82) is 0 Å². The van der Waals surface area contributed by atoms with Gasteiger partial charge in [-0.05, 0) is 61.5 Å². The fourth-order valence-electron chi connectivity index (χ4n) is 4.21. The highest BCUT2D eigenvalue weighted by molar-refractivity contribution is 6.00. The Hall–Kier alpha value is -2.49. The minimum absolute atomic E-state index is 0.597. The third kappa shape index (κ3) is 3.80. The molecule has 2 N–H and O–H groups in total. The van der Waals surface area contributed by atoms with Crippen molar-refractivity contribution in [2.75, 3.05) is 7.11 Å². The van der Waals surface area contributed by atoms with Crippen molar-refractivity contribution >= 4 is 11.8 Å². The van der Waals surface area contributed by atoms with Crippen LogP contribution in [0.15, 0.2) is 46.7 Å². The van der Waals surface area contributed by atoms with E-state index in [1.54, 1.807) is 7.11 Å². The first-order valence-electron chi connectivity index (χ1n) is 10.2. The average molecular weight is 364 g/mol. The lowest BCUT2D eigenvalue weighted by molar-refractivity contribution is 0.414. The van der Waals surface area contributed by atoms with Gasteiger partial charge in [0.25, 0.3) is 0 Å². The van der Waals surface area contributed by atoms with Crippen LogP contribution in [0.3, 0.4) is 0 Å². The van der Waals surface area contributed by atoms with Crippen LogP contribution in [0.25, 0.3) is 17.5 Å². The predicted octanol–water partition coefficient (Wildman–Crippen LogP) is 6.12. The molecule has 4 rings (SSSR count). The van der Waals surface area contributed by atoms with Crippen LogP contribution in [0.1, 0.15) is 57.6 Å². The van der Waals surface area contributed by atoms with Crippen LogP contribution >= 0.6 is 0 Å². The maximum atomic E-state index is 5.63. The molecule has 4 heteroatoms. The van der Waals surface area contributed by atoms with Gasteiger partial charge >= 0.3 is 0 Å². The molecule has 0 radical (unpaired) electrons. The molecule has 0 saturated carbocycles. The van der Waals surface area contributed by atoms with Gasteiger partial charge in [-0.2, -0.15) is 0 Å². The van der Waals surface area contributed by atoms with Crippen LogP contribution in [-0.2, 0) is 0 Å². The Morgan fingerprint density at radius 1 is 1.22 bits per heavy atom. The average Bonchev–Trinajstić information content (AvgIpc) is 3.41. The van der Waals surface area contributed by atoms with E-state index >= 15 is 0 Å². The Bertz CT molecular complexity index is 868. The van der Waals surface area contributed by atoms with Crippen LogP contribution < -0.4 is 4.74 Å². The highest BCUT2D eigenvalue weighted by Gasteiger charge is 2.23. The van der Waals surface area contributed by atoms with Crippen LogP contribution in [-0.4, -0.2) is 22.8 Å². The van der Waals surface area contributed by atoms with Gasteiger partial charge in [0, 0.05) is 18.0 Å². The van der Waals surface area contributed by atoms with Gasteiger partial charge in [0.15, 0.2) is 0 Å². The first kappa shape index (κ1) is 17.9. The number of hydrogen-bond donors (Lipinski definition) is 2. The zero-order chi connectivity index (χ0) is 18.6. The molecule has 142 valence electrons.